The van der Waals surface area contributed by atoms with E-state index in [1.165, 1.54) is 26.0 Å². The molecule has 0 saturated heterocycles. The molecule has 0 aliphatic rings. The molecule has 0 fully saturated rings. The maximum Gasteiger partial charge on any atom is 0.304 e. The summed E-state index contributed by atoms with van der Waals surface area (Å²) in [6, 6.07) is 3.60. The lowest BCUT2D eigenvalue weighted by Gasteiger charge is -2.20. The van der Waals surface area contributed by atoms with E-state index in [1.807, 2.05) is 0 Å². The van der Waals surface area contributed by atoms with Crippen LogP contribution in [0.3, 0.4) is 0 Å². The molecule has 1 aromatic rings. The SMILES string of the molecule is CC(C)(CC(=O)O)C(=O)c1ccc(F)c(Cl)c1. The molecule has 0 aromatic heterocycles. The summed E-state index contributed by atoms with van der Waals surface area (Å²) >= 11 is 5.57. The van der Waals surface area contributed by atoms with E-state index in [0.29, 0.717) is 0 Å². The Morgan fingerprint density at radius 3 is 2.47 bits per heavy atom. The van der Waals surface area contributed by atoms with E-state index in [0.717, 1.165) is 6.07 Å². The first-order chi connectivity index (χ1) is 7.74. The maximum atomic E-state index is 12.9. The van der Waals surface area contributed by atoms with Gasteiger partial charge >= 0.3 is 5.97 Å². The quantitative estimate of drug-likeness (QED) is 0.844. The molecule has 0 amide bonds. The smallest absolute Gasteiger partial charge is 0.304 e. The molecule has 5 heteroatoms. The Balaban J connectivity index is 3.03. The number of halogens is 2. The Labute approximate surface area is 103 Å². The number of ketones is 1. The van der Waals surface area contributed by atoms with Crippen molar-refractivity contribution >= 4 is 23.4 Å². The van der Waals surface area contributed by atoms with Gasteiger partial charge in [0.2, 0.25) is 0 Å². The van der Waals surface area contributed by atoms with Crippen LogP contribution in [0.2, 0.25) is 5.02 Å². The summed E-state index contributed by atoms with van der Waals surface area (Å²) in [4.78, 5) is 22.7. The zero-order chi connectivity index (χ0) is 13.2. The summed E-state index contributed by atoms with van der Waals surface area (Å²) in [5.74, 6) is -2.04. The number of rotatable bonds is 4. The van der Waals surface area contributed by atoms with E-state index in [2.05, 4.69) is 0 Å². The molecule has 1 aromatic carbocycles. The van der Waals surface area contributed by atoms with Crippen LogP contribution in [-0.2, 0) is 4.79 Å². The molecule has 1 N–H and O–H groups in total. The standard InChI is InChI=1S/C12H12ClFO3/c1-12(2,6-10(15)16)11(17)7-3-4-9(14)8(13)5-7/h3-5H,6H2,1-2H3,(H,15,16). The van der Waals surface area contributed by atoms with Gasteiger partial charge in [-0.05, 0) is 18.2 Å². The lowest BCUT2D eigenvalue weighted by molar-refractivity contribution is -0.138. The van der Waals surface area contributed by atoms with Gasteiger partial charge in [0, 0.05) is 11.0 Å². The zero-order valence-electron chi connectivity index (χ0n) is 9.46. The first-order valence-electron chi connectivity index (χ1n) is 4.95. The van der Waals surface area contributed by atoms with Crippen molar-refractivity contribution in [3.05, 3.63) is 34.6 Å². The van der Waals surface area contributed by atoms with Gasteiger partial charge in [0.1, 0.15) is 5.82 Å². The molecular formula is C12H12ClFO3. The normalized spacial score (nSPS) is 11.3. The Morgan fingerprint density at radius 1 is 1.41 bits per heavy atom. The lowest BCUT2D eigenvalue weighted by atomic mass is 9.81. The van der Waals surface area contributed by atoms with E-state index < -0.39 is 17.2 Å². The number of carbonyl (C=O) groups excluding carboxylic acids is 1. The Kier molecular flexibility index (Phi) is 3.88. The molecule has 0 radical (unpaired) electrons. The molecule has 0 aliphatic heterocycles. The molecule has 0 bridgehead atoms. The van der Waals surface area contributed by atoms with Crippen LogP contribution in [0, 0.1) is 11.2 Å². The third-order valence-corrected chi connectivity index (χ3v) is 2.68. The third-order valence-electron chi connectivity index (χ3n) is 2.39. The molecule has 3 nitrogen and oxygen atoms in total. The van der Waals surface area contributed by atoms with Crippen LogP contribution in [0.25, 0.3) is 0 Å². The van der Waals surface area contributed by atoms with Crippen molar-refractivity contribution in [3.63, 3.8) is 0 Å². The van der Waals surface area contributed by atoms with Gasteiger partial charge in [-0.15, -0.1) is 0 Å². The van der Waals surface area contributed by atoms with Gasteiger partial charge in [0.15, 0.2) is 5.78 Å². The van der Waals surface area contributed by atoms with Gasteiger partial charge in [-0.25, -0.2) is 4.39 Å². The van der Waals surface area contributed by atoms with Gasteiger partial charge in [0.05, 0.1) is 11.4 Å². The Bertz CT molecular complexity index is 469. The lowest BCUT2D eigenvalue weighted by Crippen LogP contribution is -2.27. The highest BCUT2D eigenvalue weighted by Crippen LogP contribution is 2.27. The van der Waals surface area contributed by atoms with Crippen molar-refractivity contribution in [2.45, 2.75) is 20.3 Å². The fourth-order valence-corrected chi connectivity index (χ4v) is 1.67. The summed E-state index contributed by atoms with van der Waals surface area (Å²) in [5.41, 5.74) is -0.838. The predicted octanol–water partition coefficient (Wildman–Crippen LogP) is 3.16. The number of carboxylic acid groups (broad SMARTS) is 1. The molecule has 1 rings (SSSR count). The van der Waals surface area contributed by atoms with Crippen molar-refractivity contribution in [2.75, 3.05) is 0 Å². The minimum atomic E-state index is -1.06. The minimum Gasteiger partial charge on any atom is -0.481 e. The van der Waals surface area contributed by atoms with Crippen LogP contribution in [0.1, 0.15) is 30.6 Å². The molecule has 0 saturated carbocycles. The molecule has 92 valence electrons. The second-order valence-corrected chi connectivity index (χ2v) is 4.82. The second-order valence-electron chi connectivity index (χ2n) is 4.41. The topological polar surface area (TPSA) is 54.4 Å². The number of benzene rings is 1. The number of hydrogen-bond acceptors (Lipinski definition) is 2. The first kappa shape index (κ1) is 13.6. The summed E-state index contributed by atoms with van der Waals surface area (Å²) in [5, 5.41) is 8.55. The Morgan fingerprint density at radius 2 is 2.00 bits per heavy atom. The molecule has 0 heterocycles. The number of carbonyl (C=O) groups is 2. The minimum absolute atomic E-state index is 0.151. The predicted molar refractivity (Wildman–Crippen MR) is 61.8 cm³/mol. The van der Waals surface area contributed by atoms with Gasteiger partial charge in [-0.2, -0.15) is 0 Å². The van der Waals surface area contributed by atoms with Crippen LogP contribution >= 0.6 is 11.6 Å². The molecule has 0 unspecified atom stereocenters. The van der Waals surface area contributed by atoms with Crippen molar-refractivity contribution in [2.24, 2.45) is 5.41 Å². The molecule has 0 atom stereocenters. The average molecular weight is 259 g/mol. The highest BCUT2D eigenvalue weighted by molar-refractivity contribution is 6.31. The monoisotopic (exact) mass is 258 g/mol. The fourth-order valence-electron chi connectivity index (χ4n) is 1.49. The van der Waals surface area contributed by atoms with Gasteiger partial charge in [-0.1, -0.05) is 25.4 Å². The summed E-state index contributed by atoms with van der Waals surface area (Å²) in [7, 11) is 0. The summed E-state index contributed by atoms with van der Waals surface area (Å²) < 4.78 is 12.9. The van der Waals surface area contributed by atoms with Crippen LogP contribution in [0.4, 0.5) is 4.39 Å². The van der Waals surface area contributed by atoms with Crippen LogP contribution in [-0.4, -0.2) is 16.9 Å². The van der Waals surface area contributed by atoms with Crippen molar-refractivity contribution in [1.82, 2.24) is 0 Å². The van der Waals surface area contributed by atoms with Gasteiger partial charge in [-0.3, -0.25) is 9.59 Å². The van der Waals surface area contributed by atoms with Gasteiger partial charge < -0.3 is 5.11 Å². The molecule has 0 spiro atoms. The van der Waals surface area contributed by atoms with Crippen molar-refractivity contribution in [1.29, 1.82) is 0 Å². The van der Waals surface area contributed by atoms with Crippen molar-refractivity contribution in [3.8, 4) is 0 Å². The summed E-state index contributed by atoms with van der Waals surface area (Å²) in [6.45, 7) is 3.06. The Hall–Kier alpha value is -1.42. The fraction of sp³-hybridized carbons (Fsp3) is 0.333. The van der Waals surface area contributed by atoms with E-state index in [4.69, 9.17) is 16.7 Å². The number of carboxylic acids is 1. The van der Waals surface area contributed by atoms with Gasteiger partial charge in [0.25, 0.3) is 0 Å². The van der Waals surface area contributed by atoms with Crippen LogP contribution < -0.4 is 0 Å². The van der Waals surface area contributed by atoms with Crippen LogP contribution in [0.15, 0.2) is 18.2 Å². The highest BCUT2D eigenvalue weighted by Gasteiger charge is 2.31. The van der Waals surface area contributed by atoms with Crippen LogP contribution in [0.5, 0.6) is 0 Å². The summed E-state index contributed by atoms with van der Waals surface area (Å²) in [6.07, 6.45) is -0.291. The molecular weight excluding hydrogens is 247 g/mol. The van der Waals surface area contributed by atoms with E-state index >= 15 is 0 Å². The number of Topliss-reactive ketones (excluding diaryl/α,β-unsaturated/α-hetero) is 1. The molecule has 0 aliphatic carbocycles. The first-order valence-corrected chi connectivity index (χ1v) is 5.33. The number of hydrogen-bond donors (Lipinski definition) is 1. The van der Waals surface area contributed by atoms with Crippen molar-refractivity contribution < 1.29 is 19.1 Å². The largest absolute Gasteiger partial charge is 0.481 e. The third kappa shape index (κ3) is 3.27. The van der Waals surface area contributed by atoms with E-state index in [-0.39, 0.29) is 22.8 Å². The zero-order valence-corrected chi connectivity index (χ0v) is 10.2. The number of aliphatic carboxylic acids is 1. The molecule has 17 heavy (non-hydrogen) atoms. The van der Waals surface area contributed by atoms with E-state index in [1.54, 1.807) is 0 Å². The average Bonchev–Trinajstić information content (AvgIpc) is 2.19. The second kappa shape index (κ2) is 4.84. The highest BCUT2D eigenvalue weighted by atomic mass is 35.5. The van der Waals surface area contributed by atoms with E-state index in [9.17, 15) is 14.0 Å². The maximum absolute atomic E-state index is 12.9.